The predicted molar refractivity (Wildman–Crippen MR) is 65.0 cm³/mol. The second-order valence-electron chi connectivity index (χ2n) is 3.90. The fourth-order valence-electron chi connectivity index (χ4n) is 1.51. The highest BCUT2D eigenvalue weighted by molar-refractivity contribution is 5.23. The third-order valence-corrected chi connectivity index (χ3v) is 2.48. The molecule has 0 aliphatic carbocycles. The monoisotopic (exact) mass is 230 g/mol. The molecule has 0 saturated carbocycles. The first-order valence-corrected chi connectivity index (χ1v) is 5.37. The minimum absolute atomic E-state index is 0.0252. The maximum Gasteiger partial charge on any atom is 0.250 e. The van der Waals surface area contributed by atoms with Crippen LogP contribution in [0.15, 0.2) is 41.5 Å². The summed E-state index contributed by atoms with van der Waals surface area (Å²) in [6.45, 7) is 2.36. The van der Waals surface area contributed by atoms with E-state index in [0.717, 1.165) is 11.1 Å². The van der Waals surface area contributed by atoms with Crippen LogP contribution in [0.1, 0.15) is 11.1 Å². The summed E-state index contributed by atoms with van der Waals surface area (Å²) in [5.74, 6) is 0.626. The Labute approximate surface area is 99.5 Å². The highest BCUT2D eigenvalue weighted by Crippen LogP contribution is 2.13. The molecule has 0 saturated heterocycles. The molecule has 0 N–H and O–H groups in total. The van der Waals surface area contributed by atoms with E-state index in [-0.39, 0.29) is 5.56 Å². The number of hydrogen-bond donors (Lipinski definition) is 0. The lowest BCUT2D eigenvalue weighted by atomic mass is 10.3. The van der Waals surface area contributed by atoms with E-state index < -0.39 is 0 Å². The predicted octanol–water partition coefficient (Wildman–Crippen LogP) is 1.67. The molecular weight excluding hydrogens is 216 g/mol. The van der Waals surface area contributed by atoms with Crippen LogP contribution < -0.4 is 10.3 Å². The molecule has 0 aliphatic heterocycles. The van der Waals surface area contributed by atoms with Gasteiger partial charge in [0.15, 0.2) is 0 Å². The lowest BCUT2D eigenvalue weighted by Gasteiger charge is -2.08. The second kappa shape index (κ2) is 4.82. The van der Waals surface area contributed by atoms with Crippen LogP contribution in [0.3, 0.4) is 0 Å². The summed E-state index contributed by atoms with van der Waals surface area (Å²) in [4.78, 5) is 15.4. The second-order valence-corrected chi connectivity index (χ2v) is 3.90. The van der Waals surface area contributed by atoms with Gasteiger partial charge in [-0.3, -0.25) is 4.79 Å². The molecule has 2 aromatic rings. The van der Waals surface area contributed by atoms with E-state index >= 15 is 0 Å². The van der Waals surface area contributed by atoms with Crippen LogP contribution in [0.25, 0.3) is 0 Å². The van der Waals surface area contributed by atoms with Crippen molar-refractivity contribution >= 4 is 0 Å². The molecule has 0 fully saturated rings. The smallest absolute Gasteiger partial charge is 0.250 e. The summed E-state index contributed by atoms with van der Waals surface area (Å²) in [5, 5.41) is 0. The number of pyridine rings is 2. The van der Waals surface area contributed by atoms with Crippen LogP contribution in [0.2, 0.25) is 0 Å². The molecule has 2 aromatic heterocycles. The van der Waals surface area contributed by atoms with Gasteiger partial charge in [-0.15, -0.1) is 0 Å². The average Bonchev–Trinajstić information content (AvgIpc) is 2.32. The Morgan fingerprint density at radius 1 is 1.35 bits per heavy atom. The third kappa shape index (κ3) is 2.72. The van der Waals surface area contributed by atoms with Crippen LogP contribution in [0.4, 0.5) is 0 Å². The van der Waals surface area contributed by atoms with E-state index in [2.05, 4.69) is 4.98 Å². The number of nitrogens with zero attached hydrogens (tertiary/aromatic N) is 2. The van der Waals surface area contributed by atoms with Gasteiger partial charge in [0.2, 0.25) is 11.4 Å². The zero-order chi connectivity index (χ0) is 12.3. The number of rotatable bonds is 3. The van der Waals surface area contributed by atoms with Crippen LogP contribution in [0.5, 0.6) is 5.88 Å². The number of aromatic nitrogens is 2. The maximum atomic E-state index is 11.2. The van der Waals surface area contributed by atoms with Gasteiger partial charge in [-0.2, -0.15) is 0 Å². The first-order valence-electron chi connectivity index (χ1n) is 5.37. The SMILES string of the molecule is Cc1cccnc1OCc1ccc(=O)n(C)c1. The van der Waals surface area contributed by atoms with Gasteiger partial charge in [-0.05, 0) is 19.1 Å². The van der Waals surface area contributed by atoms with Crippen molar-refractivity contribution in [2.45, 2.75) is 13.5 Å². The van der Waals surface area contributed by atoms with Crippen molar-refractivity contribution in [3.63, 3.8) is 0 Å². The first kappa shape index (κ1) is 11.4. The maximum absolute atomic E-state index is 11.2. The fourth-order valence-corrected chi connectivity index (χ4v) is 1.51. The van der Waals surface area contributed by atoms with Crippen molar-refractivity contribution in [1.29, 1.82) is 0 Å². The zero-order valence-electron chi connectivity index (χ0n) is 9.88. The molecule has 0 aliphatic rings. The van der Waals surface area contributed by atoms with E-state index in [4.69, 9.17) is 4.74 Å². The molecular formula is C13H14N2O2. The highest BCUT2D eigenvalue weighted by atomic mass is 16.5. The minimum Gasteiger partial charge on any atom is -0.473 e. The Balaban J connectivity index is 2.10. The Hall–Kier alpha value is -2.10. The van der Waals surface area contributed by atoms with E-state index in [1.165, 1.54) is 10.6 Å². The van der Waals surface area contributed by atoms with E-state index in [0.29, 0.717) is 12.5 Å². The molecule has 17 heavy (non-hydrogen) atoms. The summed E-state index contributed by atoms with van der Waals surface area (Å²) in [6, 6.07) is 7.11. The molecule has 4 heteroatoms. The van der Waals surface area contributed by atoms with Crippen LogP contribution >= 0.6 is 0 Å². The normalized spacial score (nSPS) is 10.2. The van der Waals surface area contributed by atoms with Gasteiger partial charge >= 0.3 is 0 Å². The molecule has 2 heterocycles. The first-order chi connectivity index (χ1) is 8.16. The molecule has 0 bridgehead atoms. The molecule has 0 spiro atoms. The molecule has 0 radical (unpaired) electrons. The van der Waals surface area contributed by atoms with E-state index in [1.54, 1.807) is 25.5 Å². The van der Waals surface area contributed by atoms with Crippen molar-refractivity contribution in [3.05, 3.63) is 58.1 Å². The Kier molecular flexibility index (Phi) is 3.23. The van der Waals surface area contributed by atoms with Gasteiger partial charge in [0.25, 0.3) is 0 Å². The zero-order valence-corrected chi connectivity index (χ0v) is 9.88. The minimum atomic E-state index is -0.0252. The van der Waals surface area contributed by atoms with Crippen LogP contribution in [0, 0.1) is 6.92 Å². The van der Waals surface area contributed by atoms with Gasteiger partial charge < -0.3 is 9.30 Å². The van der Waals surface area contributed by atoms with E-state index in [1.807, 2.05) is 19.1 Å². The summed E-state index contributed by atoms with van der Waals surface area (Å²) in [5.41, 5.74) is 1.91. The summed E-state index contributed by atoms with van der Waals surface area (Å²) in [6.07, 6.45) is 3.46. The Bertz CT molecular complexity index is 576. The molecule has 0 aromatic carbocycles. The molecule has 0 atom stereocenters. The van der Waals surface area contributed by atoms with Gasteiger partial charge in [-0.25, -0.2) is 4.98 Å². The molecule has 0 unspecified atom stereocenters. The third-order valence-electron chi connectivity index (χ3n) is 2.48. The Morgan fingerprint density at radius 2 is 2.18 bits per heavy atom. The van der Waals surface area contributed by atoms with Crippen LogP contribution in [-0.4, -0.2) is 9.55 Å². The Morgan fingerprint density at radius 3 is 2.88 bits per heavy atom. The van der Waals surface area contributed by atoms with Crippen molar-refractivity contribution in [2.75, 3.05) is 0 Å². The van der Waals surface area contributed by atoms with Crippen molar-refractivity contribution in [1.82, 2.24) is 9.55 Å². The van der Waals surface area contributed by atoms with Gasteiger partial charge in [0.05, 0.1) is 0 Å². The van der Waals surface area contributed by atoms with Crippen molar-refractivity contribution in [3.8, 4) is 5.88 Å². The van der Waals surface area contributed by atoms with Gasteiger partial charge in [0.1, 0.15) is 6.61 Å². The largest absolute Gasteiger partial charge is 0.473 e. The topological polar surface area (TPSA) is 44.1 Å². The molecule has 2 rings (SSSR count). The molecule has 0 amide bonds. The summed E-state index contributed by atoms with van der Waals surface area (Å²) < 4.78 is 7.12. The van der Waals surface area contributed by atoms with Crippen molar-refractivity contribution in [2.24, 2.45) is 7.05 Å². The van der Waals surface area contributed by atoms with Gasteiger partial charge in [0, 0.05) is 36.6 Å². The lowest BCUT2D eigenvalue weighted by molar-refractivity contribution is 0.290. The summed E-state index contributed by atoms with van der Waals surface area (Å²) in [7, 11) is 1.72. The number of aryl methyl sites for hydroxylation is 2. The quantitative estimate of drug-likeness (QED) is 0.805. The van der Waals surface area contributed by atoms with Gasteiger partial charge in [-0.1, -0.05) is 6.07 Å². The molecule has 88 valence electrons. The van der Waals surface area contributed by atoms with Crippen LogP contribution in [-0.2, 0) is 13.7 Å². The lowest BCUT2D eigenvalue weighted by Crippen LogP contribution is -2.15. The highest BCUT2D eigenvalue weighted by Gasteiger charge is 2.01. The fraction of sp³-hybridized carbons (Fsp3) is 0.231. The van der Waals surface area contributed by atoms with Crippen molar-refractivity contribution < 1.29 is 4.74 Å². The standard InChI is InChI=1S/C13H14N2O2/c1-10-4-3-7-14-13(10)17-9-11-5-6-12(16)15(2)8-11/h3-8H,9H2,1-2H3. The average molecular weight is 230 g/mol. The molecule has 4 nitrogen and oxygen atoms in total. The number of hydrogen-bond acceptors (Lipinski definition) is 3. The number of ether oxygens (including phenoxy) is 1. The van der Waals surface area contributed by atoms with E-state index in [9.17, 15) is 4.79 Å². The summed E-state index contributed by atoms with van der Waals surface area (Å²) >= 11 is 0.